The van der Waals surface area contributed by atoms with Crippen molar-refractivity contribution in [2.24, 2.45) is 13.0 Å². The molecule has 1 aliphatic rings. The zero-order chi connectivity index (χ0) is 14.0. The molecular formula is C11H18ClN3O3S. The lowest BCUT2D eigenvalue weighted by Gasteiger charge is -2.25. The van der Waals surface area contributed by atoms with Gasteiger partial charge < -0.3 is 5.11 Å². The molecule has 1 aliphatic carbocycles. The van der Waals surface area contributed by atoms with Gasteiger partial charge in [0, 0.05) is 13.6 Å². The van der Waals surface area contributed by atoms with Crippen LogP contribution in [0.1, 0.15) is 25.7 Å². The monoisotopic (exact) mass is 307 g/mol. The van der Waals surface area contributed by atoms with Crippen molar-refractivity contribution < 1.29 is 13.5 Å². The second-order valence-corrected chi connectivity index (χ2v) is 7.05. The molecule has 6 nitrogen and oxygen atoms in total. The van der Waals surface area contributed by atoms with Crippen LogP contribution in [0.15, 0.2) is 11.2 Å². The van der Waals surface area contributed by atoms with E-state index in [0.29, 0.717) is 13.0 Å². The highest BCUT2D eigenvalue weighted by Gasteiger charge is 2.26. The number of hydrogen-bond acceptors (Lipinski definition) is 4. The van der Waals surface area contributed by atoms with Crippen LogP contribution in [-0.2, 0) is 17.1 Å². The number of aliphatic hydroxyl groups is 1. The van der Waals surface area contributed by atoms with Crippen molar-refractivity contribution in [2.45, 2.75) is 36.8 Å². The average Bonchev–Trinajstić information content (AvgIpc) is 2.67. The Labute approximate surface area is 117 Å². The summed E-state index contributed by atoms with van der Waals surface area (Å²) in [5.74, 6) is 0.172. The first kappa shape index (κ1) is 14.8. The normalized spacial score (nSPS) is 24.6. The van der Waals surface area contributed by atoms with Crippen LogP contribution in [0.4, 0.5) is 0 Å². The molecule has 0 aliphatic heterocycles. The second kappa shape index (κ2) is 5.78. The minimum absolute atomic E-state index is 0.0227. The third-order valence-electron chi connectivity index (χ3n) is 3.41. The van der Waals surface area contributed by atoms with Gasteiger partial charge in [0.25, 0.3) is 10.0 Å². The van der Waals surface area contributed by atoms with E-state index in [9.17, 15) is 13.5 Å². The summed E-state index contributed by atoms with van der Waals surface area (Å²) in [5.41, 5.74) is 0. The summed E-state index contributed by atoms with van der Waals surface area (Å²) in [6.45, 7) is 0.320. The SMILES string of the molecule is Cn1ncc(Cl)c1S(=O)(=O)NCC1CCCC(O)C1. The van der Waals surface area contributed by atoms with E-state index in [1.807, 2.05) is 0 Å². The van der Waals surface area contributed by atoms with Crippen molar-refractivity contribution in [1.29, 1.82) is 0 Å². The molecule has 8 heteroatoms. The van der Waals surface area contributed by atoms with Gasteiger partial charge in [-0.2, -0.15) is 5.10 Å². The van der Waals surface area contributed by atoms with Crippen LogP contribution in [0, 0.1) is 5.92 Å². The van der Waals surface area contributed by atoms with E-state index in [1.165, 1.54) is 17.9 Å². The molecule has 0 spiro atoms. The van der Waals surface area contributed by atoms with Crippen LogP contribution in [0.2, 0.25) is 5.02 Å². The van der Waals surface area contributed by atoms with Crippen LogP contribution in [0.25, 0.3) is 0 Å². The summed E-state index contributed by atoms with van der Waals surface area (Å²) in [4.78, 5) is 0. The number of halogens is 1. The number of rotatable bonds is 4. The van der Waals surface area contributed by atoms with Gasteiger partial charge in [-0.1, -0.05) is 18.0 Å². The number of aryl methyl sites for hydroxylation is 1. The molecule has 2 atom stereocenters. The summed E-state index contributed by atoms with van der Waals surface area (Å²) in [6, 6.07) is 0. The molecule has 0 amide bonds. The van der Waals surface area contributed by atoms with E-state index in [-0.39, 0.29) is 22.1 Å². The largest absolute Gasteiger partial charge is 0.393 e. The van der Waals surface area contributed by atoms with E-state index in [4.69, 9.17) is 11.6 Å². The lowest BCUT2D eigenvalue weighted by atomic mass is 9.87. The molecule has 1 aromatic rings. The minimum Gasteiger partial charge on any atom is -0.393 e. The first-order valence-corrected chi connectivity index (χ1v) is 8.11. The van der Waals surface area contributed by atoms with Gasteiger partial charge in [0.1, 0.15) is 0 Å². The number of aliphatic hydroxyl groups excluding tert-OH is 1. The number of aromatic nitrogens is 2. The third kappa shape index (κ3) is 3.47. The third-order valence-corrected chi connectivity index (χ3v) is 5.34. The molecule has 1 fully saturated rings. The molecule has 0 saturated heterocycles. The van der Waals surface area contributed by atoms with Crippen LogP contribution in [0.5, 0.6) is 0 Å². The summed E-state index contributed by atoms with van der Waals surface area (Å²) in [7, 11) is -2.13. The zero-order valence-corrected chi connectivity index (χ0v) is 12.3. The fraction of sp³-hybridized carbons (Fsp3) is 0.727. The summed E-state index contributed by atoms with van der Waals surface area (Å²) < 4.78 is 28.1. The minimum atomic E-state index is -3.66. The molecule has 1 aromatic heterocycles. The molecule has 1 heterocycles. The molecule has 2 rings (SSSR count). The Morgan fingerprint density at radius 2 is 2.32 bits per heavy atom. The molecule has 19 heavy (non-hydrogen) atoms. The van der Waals surface area contributed by atoms with Gasteiger partial charge in [-0.15, -0.1) is 0 Å². The number of nitrogens with zero attached hydrogens (tertiary/aromatic N) is 2. The van der Waals surface area contributed by atoms with E-state index < -0.39 is 10.0 Å². The highest BCUT2D eigenvalue weighted by Crippen LogP contribution is 2.25. The lowest BCUT2D eigenvalue weighted by molar-refractivity contribution is 0.102. The summed E-state index contributed by atoms with van der Waals surface area (Å²) in [5, 5.41) is 13.5. The van der Waals surface area contributed by atoms with Crippen LogP contribution in [0.3, 0.4) is 0 Å². The van der Waals surface area contributed by atoms with Gasteiger partial charge in [-0.25, -0.2) is 13.1 Å². The van der Waals surface area contributed by atoms with Crippen molar-refractivity contribution >= 4 is 21.6 Å². The fourth-order valence-electron chi connectivity index (χ4n) is 2.45. The Balaban J connectivity index is 2.02. The van der Waals surface area contributed by atoms with Gasteiger partial charge in [0.05, 0.1) is 17.3 Å². The van der Waals surface area contributed by atoms with Crippen molar-refractivity contribution in [3.8, 4) is 0 Å². The van der Waals surface area contributed by atoms with Gasteiger partial charge >= 0.3 is 0 Å². The van der Waals surface area contributed by atoms with Crippen molar-refractivity contribution in [3.05, 3.63) is 11.2 Å². The lowest BCUT2D eigenvalue weighted by Crippen LogP contribution is -2.34. The van der Waals surface area contributed by atoms with Crippen molar-refractivity contribution in [1.82, 2.24) is 14.5 Å². The second-order valence-electron chi connectivity index (χ2n) is 4.96. The maximum atomic E-state index is 12.1. The van der Waals surface area contributed by atoms with Crippen LogP contribution in [-0.4, -0.2) is 36.0 Å². The molecule has 0 aromatic carbocycles. The summed E-state index contributed by atoms with van der Waals surface area (Å²) in [6.07, 6.45) is 4.29. The number of hydrogen-bond donors (Lipinski definition) is 2. The molecular weight excluding hydrogens is 290 g/mol. The van der Waals surface area contributed by atoms with Gasteiger partial charge in [-0.3, -0.25) is 4.68 Å². The first-order chi connectivity index (χ1) is 8.90. The standard InChI is InChI=1S/C11H18ClN3O3S/c1-15-11(10(12)7-13-15)19(17,18)14-6-8-3-2-4-9(16)5-8/h7-9,14,16H,2-6H2,1H3. The highest BCUT2D eigenvalue weighted by molar-refractivity contribution is 7.89. The molecule has 2 unspecified atom stereocenters. The van der Waals surface area contributed by atoms with E-state index in [2.05, 4.69) is 9.82 Å². The Morgan fingerprint density at radius 3 is 2.89 bits per heavy atom. The van der Waals surface area contributed by atoms with Gasteiger partial charge in [-0.05, 0) is 25.2 Å². The quantitative estimate of drug-likeness (QED) is 0.865. The number of sulfonamides is 1. The Bertz CT molecular complexity index is 524. The maximum Gasteiger partial charge on any atom is 0.259 e. The van der Waals surface area contributed by atoms with Crippen molar-refractivity contribution in [3.63, 3.8) is 0 Å². The van der Waals surface area contributed by atoms with Crippen LogP contribution < -0.4 is 4.72 Å². The predicted octanol–water partition coefficient (Wildman–Crippen LogP) is 0.903. The smallest absolute Gasteiger partial charge is 0.259 e. The van der Waals surface area contributed by atoms with E-state index in [1.54, 1.807) is 0 Å². The predicted molar refractivity (Wildman–Crippen MR) is 71.4 cm³/mol. The van der Waals surface area contributed by atoms with E-state index in [0.717, 1.165) is 19.3 Å². The summed E-state index contributed by atoms with van der Waals surface area (Å²) >= 11 is 5.83. The molecule has 0 radical (unpaired) electrons. The van der Waals surface area contributed by atoms with Crippen LogP contribution >= 0.6 is 11.6 Å². The van der Waals surface area contributed by atoms with Gasteiger partial charge in [0.2, 0.25) is 0 Å². The van der Waals surface area contributed by atoms with E-state index >= 15 is 0 Å². The average molecular weight is 308 g/mol. The Morgan fingerprint density at radius 1 is 1.58 bits per heavy atom. The Kier molecular flexibility index (Phi) is 4.50. The molecule has 0 bridgehead atoms. The maximum absolute atomic E-state index is 12.1. The molecule has 108 valence electrons. The topological polar surface area (TPSA) is 84.2 Å². The van der Waals surface area contributed by atoms with Gasteiger partial charge in [0.15, 0.2) is 5.03 Å². The molecule has 1 saturated carbocycles. The molecule has 2 N–H and O–H groups in total. The first-order valence-electron chi connectivity index (χ1n) is 6.25. The fourth-order valence-corrected chi connectivity index (χ4v) is 4.21. The van der Waals surface area contributed by atoms with Crippen molar-refractivity contribution in [2.75, 3.05) is 6.54 Å². The zero-order valence-electron chi connectivity index (χ0n) is 10.7. The number of nitrogens with one attached hydrogen (secondary N) is 1. The highest BCUT2D eigenvalue weighted by atomic mass is 35.5. The Hall–Kier alpha value is -0.630.